The van der Waals surface area contributed by atoms with Gasteiger partial charge in [-0.2, -0.15) is 0 Å². The van der Waals surface area contributed by atoms with Crippen LogP contribution in [-0.4, -0.2) is 28.6 Å². The average molecular weight is 433 g/mol. The zero-order valence-electron chi connectivity index (χ0n) is 18.3. The minimum atomic E-state index is -0.513. The molecule has 0 aliphatic carbocycles. The van der Waals surface area contributed by atoms with E-state index in [1.54, 1.807) is 19.2 Å². The van der Waals surface area contributed by atoms with Crippen molar-refractivity contribution in [2.24, 2.45) is 0 Å². The summed E-state index contributed by atoms with van der Waals surface area (Å²) in [4.78, 5) is 0. The summed E-state index contributed by atoms with van der Waals surface area (Å²) < 4.78 is 10.4. The Hall–Kier alpha value is -3.51. The molecule has 0 saturated heterocycles. The van der Waals surface area contributed by atoms with Crippen molar-refractivity contribution in [3.63, 3.8) is 0 Å². The number of rotatable bonds is 9. The first-order valence-corrected chi connectivity index (χ1v) is 10.7. The van der Waals surface area contributed by atoms with Crippen LogP contribution in [0.5, 0.6) is 11.5 Å². The molecule has 0 aliphatic rings. The van der Waals surface area contributed by atoms with E-state index >= 15 is 0 Å². The van der Waals surface area contributed by atoms with Crippen molar-refractivity contribution in [1.29, 1.82) is 0 Å². The molecule has 0 fully saturated rings. The average Bonchev–Trinajstić information content (AvgIpc) is 3.21. The Kier molecular flexibility index (Phi) is 6.61. The molecule has 3 aromatic carbocycles. The molecule has 32 heavy (non-hydrogen) atoms. The van der Waals surface area contributed by atoms with Crippen LogP contribution in [0.1, 0.15) is 35.8 Å². The van der Waals surface area contributed by atoms with Gasteiger partial charge in [0.1, 0.15) is 17.3 Å². The highest BCUT2D eigenvalue weighted by atomic mass is 16.5. The fraction of sp³-hybridized carbons (Fsp3) is 0.269. The number of hydrogen-bond donors (Lipinski definition) is 3. The fourth-order valence-corrected chi connectivity index (χ4v) is 3.88. The highest BCUT2D eigenvalue weighted by Crippen LogP contribution is 2.27. The van der Waals surface area contributed by atoms with E-state index < -0.39 is 6.10 Å². The largest absolute Gasteiger partial charge is 0.508 e. The maximum absolute atomic E-state index is 10.8. The van der Waals surface area contributed by atoms with Gasteiger partial charge in [-0.15, -0.1) is 0 Å². The van der Waals surface area contributed by atoms with Gasteiger partial charge in [-0.05, 0) is 72.4 Å². The maximum atomic E-state index is 10.8. The van der Waals surface area contributed by atoms with Crippen molar-refractivity contribution < 1.29 is 19.5 Å². The predicted molar refractivity (Wildman–Crippen MR) is 125 cm³/mol. The first kappa shape index (κ1) is 21.7. The van der Waals surface area contributed by atoms with Crippen LogP contribution in [0.25, 0.3) is 10.8 Å². The van der Waals surface area contributed by atoms with Crippen LogP contribution in [-0.2, 0) is 6.42 Å². The maximum Gasteiger partial charge on any atom is 0.170 e. The van der Waals surface area contributed by atoms with Gasteiger partial charge in [0.15, 0.2) is 5.82 Å². The molecule has 0 amide bonds. The number of aryl methyl sites for hydroxylation is 2. The molecule has 0 radical (unpaired) electrons. The quantitative estimate of drug-likeness (QED) is 0.329. The van der Waals surface area contributed by atoms with Gasteiger partial charge in [0.25, 0.3) is 0 Å². The zero-order valence-corrected chi connectivity index (χ0v) is 18.3. The van der Waals surface area contributed by atoms with Crippen LogP contribution in [0.15, 0.2) is 71.3 Å². The number of hydrogen-bond acceptors (Lipinski definition) is 6. The first-order valence-electron chi connectivity index (χ1n) is 10.7. The number of ether oxygens (including phenoxy) is 1. The van der Waals surface area contributed by atoms with Crippen molar-refractivity contribution >= 4 is 16.6 Å². The van der Waals surface area contributed by atoms with E-state index in [0.717, 1.165) is 28.5 Å². The zero-order chi connectivity index (χ0) is 22.5. The number of phenolic OH excluding ortho intramolecular Hbond substituents is 1. The minimum Gasteiger partial charge on any atom is -0.508 e. The number of anilines is 1. The van der Waals surface area contributed by atoms with Gasteiger partial charge < -0.3 is 24.8 Å². The van der Waals surface area contributed by atoms with Crippen molar-refractivity contribution in [2.45, 2.75) is 38.3 Å². The number of phenols is 1. The molecule has 1 aromatic heterocycles. The fourth-order valence-electron chi connectivity index (χ4n) is 3.88. The normalized spacial score (nSPS) is 13.1. The molecule has 6 nitrogen and oxygen atoms in total. The van der Waals surface area contributed by atoms with E-state index in [1.807, 2.05) is 37.3 Å². The van der Waals surface area contributed by atoms with Gasteiger partial charge in [0, 0.05) is 6.07 Å². The van der Waals surface area contributed by atoms with Gasteiger partial charge >= 0.3 is 0 Å². The first-order chi connectivity index (χ1) is 15.5. The second-order valence-corrected chi connectivity index (χ2v) is 8.09. The van der Waals surface area contributed by atoms with E-state index in [-0.39, 0.29) is 11.8 Å². The van der Waals surface area contributed by atoms with Gasteiger partial charge in [-0.3, -0.25) is 0 Å². The Bertz CT molecular complexity index is 1170. The van der Waals surface area contributed by atoms with Gasteiger partial charge in [0.2, 0.25) is 0 Å². The Morgan fingerprint density at radius 1 is 1.00 bits per heavy atom. The van der Waals surface area contributed by atoms with Crippen molar-refractivity contribution in [3.05, 3.63) is 83.6 Å². The monoisotopic (exact) mass is 432 g/mol. The molecule has 4 rings (SSSR count). The summed E-state index contributed by atoms with van der Waals surface area (Å²) in [6, 6.07) is 21.0. The van der Waals surface area contributed by atoms with Crippen molar-refractivity contribution in [1.82, 2.24) is 5.16 Å². The lowest BCUT2D eigenvalue weighted by atomic mass is 9.96. The molecule has 4 aromatic rings. The van der Waals surface area contributed by atoms with Gasteiger partial charge in [-0.25, -0.2) is 0 Å². The Morgan fingerprint density at radius 3 is 2.47 bits per heavy atom. The molecule has 0 aliphatic heterocycles. The summed E-state index contributed by atoms with van der Waals surface area (Å²) >= 11 is 0. The number of fused-ring (bicyclic) bond motifs is 1. The molecule has 6 heteroatoms. The predicted octanol–water partition coefficient (Wildman–Crippen LogP) is 5.39. The van der Waals surface area contributed by atoms with Gasteiger partial charge in [0.05, 0.1) is 19.3 Å². The van der Waals surface area contributed by atoms with E-state index in [1.165, 1.54) is 5.56 Å². The van der Waals surface area contributed by atoms with E-state index in [2.05, 4.69) is 34.7 Å². The molecule has 166 valence electrons. The lowest BCUT2D eigenvalue weighted by molar-refractivity contribution is 0.148. The molecule has 3 N–H and O–H groups in total. The summed E-state index contributed by atoms with van der Waals surface area (Å²) in [7, 11) is 1.67. The summed E-state index contributed by atoms with van der Waals surface area (Å²) in [5.74, 6) is 2.39. The molecular formula is C26H28N2O4. The third-order valence-electron chi connectivity index (χ3n) is 5.63. The molecule has 1 heterocycles. The second-order valence-electron chi connectivity index (χ2n) is 8.09. The Labute approximate surface area is 187 Å². The van der Waals surface area contributed by atoms with E-state index in [9.17, 15) is 10.2 Å². The van der Waals surface area contributed by atoms with E-state index in [4.69, 9.17) is 9.26 Å². The molecule has 2 unspecified atom stereocenters. The lowest BCUT2D eigenvalue weighted by Crippen LogP contribution is -2.19. The third-order valence-corrected chi connectivity index (χ3v) is 5.63. The summed E-state index contributed by atoms with van der Waals surface area (Å²) in [5.41, 5.74) is 2.14. The highest BCUT2D eigenvalue weighted by molar-refractivity contribution is 5.84. The number of methoxy groups -OCH3 is 1. The number of benzene rings is 3. The number of aliphatic hydroxyl groups excluding tert-OH is 1. The topological polar surface area (TPSA) is 87.8 Å². The molecule has 0 bridgehead atoms. The summed E-state index contributed by atoms with van der Waals surface area (Å²) in [6.07, 6.45) is 1.40. The number of aromatic hydroxyl groups is 1. The third kappa shape index (κ3) is 5.39. The molecule has 0 spiro atoms. The van der Waals surface area contributed by atoms with Gasteiger partial charge in [-0.1, -0.05) is 41.6 Å². The van der Waals surface area contributed by atoms with Crippen molar-refractivity contribution in [3.8, 4) is 11.5 Å². The summed E-state index contributed by atoms with van der Waals surface area (Å²) in [6.45, 7) is 1.84. The number of nitrogens with zero attached hydrogens (tertiary/aromatic N) is 1. The number of aliphatic hydroxyl groups is 1. The second kappa shape index (κ2) is 9.75. The van der Waals surface area contributed by atoms with Crippen LogP contribution in [0.2, 0.25) is 0 Å². The smallest absolute Gasteiger partial charge is 0.170 e. The van der Waals surface area contributed by atoms with Crippen LogP contribution in [0, 0.1) is 6.92 Å². The minimum absolute atomic E-state index is 0.167. The van der Waals surface area contributed by atoms with Crippen LogP contribution < -0.4 is 10.1 Å². The summed E-state index contributed by atoms with van der Waals surface area (Å²) in [5, 5.41) is 30.1. The Balaban J connectivity index is 1.42. The number of nitrogens with one attached hydrogen (secondary N) is 1. The Morgan fingerprint density at radius 2 is 1.75 bits per heavy atom. The van der Waals surface area contributed by atoms with Crippen molar-refractivity contribution in [2.75, 3.05) is 12.4 Å². The van der Waals surface area contributed by atoms with Crippen LogP contribution in [0.3, 0.4) is 0 Å². The lowest BCUT2D eigenvalue weighted by Gasteiger charge is -2.22. The SMILES string of the molecule is COc1ccc2cc(CCC(O)CC(Nc3cc(C)on3)c3ccc(O)cc3)ccc2c1. The van der Waals surface area contributed by atoms with E-state index in [0.29, 0.717) is 24.4 Å². The molecule has 0 saturated carbocycles. The van der Waals surface area contributed by atoms with Crippen LogP contribution in [0.4, 0.5) is 5.82 Å². The highest BCUT2D eigenvalue weighted by Gasteiger charge is 2.18. The standard InChI is InChI=1S/C26H28N2O4/c1-17-13-26(28-32-17)27-25(19-6-10-22(29)11-7-19)16-23(30)9-4-18-3-5-21-15-24(31-2)12-8-20(21)14-18/h3,5-8,10-15,23,25,29-30H,4,9,16H2,1-2H3,(H,27,28). The molecule has 2 atom stereocenters. The number of aromatic nitrogens is 1. The molecular weight excluding hydrogens is 404 g/mol. The van der Waals surface area contributed by atoms with Crippen LogP contribution >= 0.6 is 0 Å².